The maximum atomic E-state index is 12.2. The van der Waals surface area contributed by atoms with E-state index in [0.29, 0.717) is 17.4 Å². The second kappa shape index (κ2) is 5.74. The first-order valence-corrected chi connectivity index (χ1v) is 7.61. The van der Waals surface area contributed by atoms with Crippen LogP contribution in [0.5, 0.6) is 0 Å². The molecule has 0 aliphatic carbocycles. The first-order chi connectivity index (χ1) is 9.46. The van der Waals surface area contributed by atoms with Crippen LogP contribution in [-0.2, 0) is 10.0 Å². The number of aliphatic hydroxyl groups is 1. The Balaban J connectivity index is 2.42. The average molecular weight is 297 g/mol. The Morgan fingerprint density at radius 1 is 1.30 bits per heavy atom. The van der Waals surface area contributed by atoms with E-state index >= 15 is 0 Å². The summed E-state index contributed by atoms with van der Waals surface area (Å²) >= 11 is 0. The van der Waals surface area contributed by atoms with Crippen LogP contribution in [0, 0.1) is 0 Å². The number of aliphatic hydroxyl groups excluding tert-OH is 1. The third kappa shape index (κ3) is 3.06. The lowest BCUT2D eigenvalue weighted by molar-refractivity contribution is 0.254. The predicted octanol–water partition coefficient (Wildman–Crippen LogP) is 0.842. The lowest BCUT2D eigenvalue weighted by Gasteiger charge is -2.14. The fourth-order valence-corrected chi connectivity index (χ4v) is 3.10. The molecule has 0 spiro atoms. The molecule has 0 saturated carbocycles. The molecule has 108 valence electrons. The number of sulfonamides is 1. The fourth-order valence-electron chi connectivity index (χ4n) is 1.75. The summed E-state index contributed by atoms with van der Waals surface area (Å²) in [5, 5.41) is 9.58. The maximum Gasteiger partial charge on any atom is 0.336 e. The minimum Gasteiger partial charge on any atom is -0.423 e. The molecule has 0 bridgehead atoms. The van der Waals surface area contributed by atoms with Crippen molar-refractivity contribution in [2.75, 3.05) is 6.61 Å². The van der Waals surface area contributed by atoms with Crippen molar-refractivity contribution < 1.29 is 17.9 Å². The zero-order valence-electron chi connectivity index (χ0n) is 10.9. The van der Waals surface area contributed by atoms with Crippen LogP contribution < -0.4 is 10.3 Å². The monoisotopic (exact) mass is 297 g/mol. The van der Waals surface area contributed by atoms with E-state index in [-0.39, 0.29) is 11.5 Å². The third-order valence-electron chi connectivity index (χ3n) is 2.94. The van der Waals surface area contributed by atoms with Gasteiger partial charge in [0.05, 0.1) is 11.5 Å². The van der Waals surface area contributed by atoms with Crippen molar-refractivity contribution in [2.45, 2.75) is 24.3 Å². The molecule has 0 fully saturated rings. The standard InChI is InChI=1S/C13H15NO5S/c1-2-10(8-15)14-20(17,18)11-4-5-12-9(7-11)3-6-13(16)19-12/h3-7,10,14-15H,2,8H2,1H3/t10-/m1/s1. The van der Waals surface area contributed by atoms with Crippen LogP contribution in [0.1, 0.15) is 13.3 Å². The quantitative estimate of drug-likeness (QED) is 0.797. The van der Waals surface area contributed by atoms with Gasteiger partial charge in [0.2, 0.25) is 10.0 Å². The Morgan fingerprint density at radius 2 is 2.05 bits per heavy atom. The zero-order chi connectivity index (χ0) is 14.8. The highest BCUT2D eigenvalue weighted by molar-refractivity contribution is 7.89. The number of hydrogen-bond acceptors (Lipinski definition) is 5. The van der Waals surface area contributed by atoms with Gasteiger partial charge in [-0.15, -0.1) is 0 Å². The Kier molecular flexibility index (Phi) is 4.22. The van der Waals surface area contributed by atoms with Crippen LogP contribution >= 0.6 is 0 Å². The third-order valence-corrected chi connectivity index (χ3v) is 4.45. The average Bonchev–Trinajstić information content (AvgIpc) is 2.44. The van der Waals surface area contributed by atoms with Crippen molar-refractivity contribution in [3.05, 3.63) is 40.8 Å². The van der Waals surface area contributed by atoms with Gasteiger partial charge in [0.25, 0.3) is 0 Å². The molecule has 1 atom stereocenters. The Bertz CT molecular complexity index is 762. The minimum absolute atomic E-state index is 0.0609. The molecule has 1 aromatic carbocycles. The smallest absolute Gasteiger partial charge is 0.336 e. The predicted molar refractivity (Wildman–Crippen MR) is 74.0 cm³/mol. The number of nitrogens with one attached hydrogen (secondary N) is 1. The van der Waals surface area contributed by atoms with Crippen molar-refractivity contribution in [2.24, 2.45) is 0 Å². The lowest BCUT2D eigenvalue weighted by Crippen LogP contribution is -2.36. The first-order valence-electron chi connectivity index (χ1n) is 6.13. The number of hydrogen-bond donors (Lipinski definition) is 2. The van der Waals surface area contributed by atoms with Gasteiger partial charge in [0, 0.05) is 17.5 Å². The summed E-state index contributed by atoms with van der Waals surface area (Å²) in [6, 6.07) is 6.43. The van der Waals surface area contributed by atoms with E-state index in [1.54, 1.807) is 6.92 Å². The van der Waals surface area contributed by atoms with Gasteiger partial charge in [0.1, 0.15) is 5.58 Å². The molecule has 0 amide bonds. The highest BCUT2D eigenvalue weighted by atomic mass is 32.2. The van der Waals surface area contributed by atoms with E-state index in [9.17, 15) is 13.2 Å². The maximum absolute atomic E-state index is 12.2. The van der Waals surface area contributed by atoms with Crippen LogP contribution in [0.2, 0.25) is 0 Å². The van der Waals surface area contributed by atoms with Gasteiger partial charge in [-0.2, -0.15) is 0 Å². The van der Waals surface area contributed by atoms with E-state index in [4.69, 9.17) is 9.52 Å². The van der Waals surface area contributed by atoms with Crippen LogP contribution in [0.4, 0.5) is 0 Å². The van der Waals surface area contributed by atoms with Gasteiger partial charge < -0.3 is 9.52 Å². The van der Waals surface area contributed by atoms with Crippen molar-refractivity contribution in [3.8, 4) is 0 Å². The normalized spacial score (nSPS) is 13.5. The van der Waals surface area contributed by atoms with Gasteiger partial charge in [-0.25, -0.2) is 17.9 Å². The van der Waals surface area contributed by atoms with Gasteiger partial charge in [-0.1, -0.05) is 6.92 Å². The van der Waals surface area contributed by atoms with E-state index in [1.165, 1.54) is 30.3 Å². The molecule has 0 aliphatic heterocycles. The highest BCUT2D eigenvalue weighted by Crippen LogP contribution is 2.18. The van der Waals surface area contributed by atoms with E-state index < -0.39 is 21.7 Å². The fraction of sp³-hybridized carbons (Fsp3) is 0.308. The number of fused-ring (bicyclic) bond motifs is 1. The molecule has 0 unspecified atom stereocenters. The van der Waals surface area contributed by atoms with Gasteiger partial charge in [0.15, 0.2) is 0 Å². The van der Waals surface area contributed by atoms with Crippen molar-refractivity contribution in [1.82, 2.24) is 4.72 Å². The van der Waals surface area contributed by atoms with Crippen LogP contribution in [0.3, 0.4) is 0 Å². The number of benzene rings is 1. The topological polar surface area (TPSA) is 96.6 Å². The second-order valence-corrected chi connectivity index (χ2v) is 6.08. The Morgan fingerprint density at radius 3 is 2.70 bits per heavy atom. The number of rotatable bonds is 5. The molecule has 20 heavy (non-hydrogen) atoms. The molecule has 6 nitrogen and oxygen atoms in total. The SMILES string of the molecule is CC[C@H](CO)NS(=O)(=O)c1ccc2oc(=O)ccc2c1. The molecule has 0 aliphatic rings. The van der Waals surface area contributed by atoms with Crippen molar-refractivity contribution in [1.29, 1.82) is 0 Å². The lowest BCUT2D eigenvalue weighted by atomic mass is 10.2. The summed E-state index contributed by atoms with van der Waals surface area (Å²) in [4.78, 5) is 11.1. The molecular weight excluding hydrogens is 282 g/mol. The van der Waals surface area contributed by atoms with E-state index in [1.807, 2.05) is 0 Å². The van der Waals surface area contributed by atoms with Crippen LogP contribution in [-0.4, -0.2) is 26.2 Å². The van der Waals surface area contributed by atoms with Crippen molar-refractivity contribution >= 4 is 21.0 Å². The molecule has 2 aromatic rings. The Labute approximate surface area is 116 Å². The van der Waals surface area contributed by atoms with Gasteiger partial charge >= 0.3 is 5.63 Å². The summed E-state index contributed by atoms with van der Waals surface area (Å²) in [6.07, 6.45) is 0.484. The van der Waals surface area contributed by atoms with E-state index in [2.05, 4.69) is 4.72 Å². The molecule has 1 heterocycles. The molecule has 2 rings (SSSR count). The molecule has 2 N–H and O–H groups in total. The highest BCUT2D eigenvalue weighted by Gasteiger charge is 2.19. The first kappa shape index (κ1) is 14.7. The molecule has 1 aromatic heterocycles. The van der Waals surface area contributed by atoms with Crippen LogP contribution in [0.15, 0.2) is 44.4 Å². The van der Waals surface area contributed by atoms with Crippen molar-refractivity contribution in [3.63, 3.8) is 0 Å². The summed E-state index contributed by atoms with van der Waals surface area (Å²) < 4.78 is 31.7. The molecule has 7 heteroatoms. The summed E-state index contributed by atoms with van der Waals surface area (Å²) in [7, 11) is -3.72. The zero-order valence-corrected chi connectivity index (χ0v) is 11.7. The minimum atomic E-state index is -3.72. The second-order valence-electron chi connectivity index (χ2n) is 4.36. The van der Waals surface area contributed by atoms with Gasteiger partial charge in [-0.3, -0.25) is 0 Å². The summed E-state index contributed by atoms with van der Waals surface area (Å²) in [5.74, 6) is 0. The molecule has 0 radical (unpaired) electrons. The molecule has 0 saturated heterocycles. The largest absolute Gasteiger partial charge is 0.423 e. The van der Waals surface area contributed by atoms with E-state index in [0.717, 1.165) is 0 Å². The summed E-state index contributed by atoms with van der Waals surface area (Å²) in [5.41, 5.74) is -0.164. The van der Waals surface area contributed by atoms with Crippen LogP contribution in [0.25, 0.3) is 11.0 Å². The summed E-state index contributed by atoms with van der Waals surface area (Å²) in [6.45, 7) is 1.51. The Hall–Kier alpha value is -1.70. The molecular formula is C13H15NO5S. The van der Waals surface area contributed by atoms with Gasteiger partial charge in [-0.05, 0) is 30.7 Å².